The van der Waals surface area contributed by atoms with Gasteiger partial charge in [-0.1, -0.05) is 47.6 Å². The van der Waals surface area contributed by atoms with Gasteiger partial charge in [-0.05, 0) is 22.5 Å². The minimum absolute atomic E-state index is 0.0210. The number of benzene rings is 1. The Morgan fingerprint density at radius 3 is 1.75 bits per heavy atom. The van der Waals surface area contributed by atoms with Crippen LogP contribution in [0.2, 0.25) is 0 Å². The fourth-order valence-electron chi connectivity index (χ4n) is 1.80. The molecule has 1 rings (SSSR count). The minimum atomic E-state index is -1.09. The molecule has 0 aliphatic heterocycles. The van der Waals surface area contributed by atoms with Crippen LogP contribution in [0.4, 0.5) is 0 Å². The summed E-state index contributed by atoms with van der Waals surface area (Å²) >= 11 is 0.300. The Hall–Kier alpha value is -0.827. The molecule has 0 aliphatic rings. The molecule has 5 heteroatoms. The van der Waals surface area contributed by atoms with Crippen LogP contribution in [0.25, 0.3) is 0 Å². The van der Waals surface area contributed by atoms with Gasteiger partial charge in [-0.25, -0.2) is 4.79 Å². The Bertz CT molecular complexity index is 496. The van der Waals surface area contributed by atoms with E-state index < -0.39 is 5.97 Å². The second-order valence-electron chi connectivity index (χ2n) is 6.73. The molecule has 0 aliphatic carbocycles. The maximum absolute atomic E-state index is 11.2. The van der Waals surface area contributed by atoms with E-state index in [1.165, 1.54) is 0 Å². The van der Waals surface area contributed by atoms with Crippen LogP contribution in [0, 0.1) is 0 Å². The normalized spacial score (nSPS) is 11.4. The van der Waals surface area contributed by atoms with E-state index in [-0.39, 0.29) is 22.1 Å². The quantitative estimate of drug-likeness (QED) is 0.806. The number of phenols is 1. The van der Waals surface area contributed by atoms with Crippen molar-refractivity contribution >= 4 is 5.97 Å². The van der Waals surface area contributed by atoms with Crippen LogP contribution in [-0.4, -0.2) is 16.2 Å². The molecule has 2 N–H and O–H groups in total. The number of carboxylic acid groups (broad SMARTS) is 1. The number of rotatable bonds is 1. The van der Waals surface area contributed by atoms with Crippen molar-refractivity contribution < 1.29 is 42.5 Å². The summed E-state index contributed by atoms with van der Waals surface area (Å²) in [5.41, 5.74) is 1.12. The summed E-state index contributed by atoms with van der Waals surface area (Å²) in [6, 6.07) is 3.47. The Morgan fingerprint density at radius 1 is 1.00 bits per heavy atom. The predicted octanol–water partition coefficient (Wildman–Crippen LogP) is 3.56. The van der Waals surface area contributed by atoms with Crippen molar-refractivity contribution in [1.82, 2.24) is 0 Å². The van der Waals surface area contributed by atoms with Gasteiger partial charge in [0.1, 0.15) is 11.3 Å². The Morgan fingerprint density at radius 2 is 1.45 bits per heavy atom. The maximum atomic E-state index is 11.2. The Balaban J connectivity index is 0.00000172. The monoisotopic (exact) mass is 356 g/mol. The zero-order valence-corrected chi connectivity index (χ0v) is 15.3. The standard InChI is InChI=1S/C15H22O3.O.Zr/c1-14(2,3)9-7-10(13(17)18)12(16)11(8-9)15(4,5)6;;/h7-8,16H,1-6H3,(H,17,18);;. The molecule has 0 spiro atoms. The number of hydrogen-bond acceptors (Lipinski definition) is 3. The molecule has 0 bridgehead atoms. The van der Waals surface area contributed by atoms with E-state index in [0.29, 0.717) is 30.3 Å². The van der Waals surface area contributed by atoms with Crippen LogP contribution in [0.5, 0.6) is 5.75 Å². The van der Waals surface area contributed by atoms with E-state index in [1.807, 2.05) is 47.6 Å². The summed E-state index contributed by atoms with van der Waals surface area (Å²) in [7, 11) is 0. The summed E-state index contributed by atoms with van der Waals surface area (Å²) < 4.78 is 8.34. The molecule has 0 radical (unpaired) electrons. The first-order chi connectivity index (χ1) is 8.94. The van der Waals surface area contributed by atoms with Crippen molar-refractivity contribution in [1.29, 1.82) is 0 Å². The number of hydrogen-bond donors (Lipinski definition) is 2. The number of carbonyl (C=O) groups is 1. The molecule has 20 heavy (non-hydrogen) atoms. The van der Waals surface area contributed by atoms with Gasteiger partial charge in [-0.2, -0.15) is 0 Å². The summed E-state index contributed by atoms with van der Waals surface area (Å²) in [5.74, 6) is -1.22. The van der Waals surface area contributed by atoms with Gasteiger partial charge in [0.15, 0.2) is 0 Å². The van der Waals surface area contributed by atoms with Crippen LogP contribution in [0.15, 0.2) is 12.1 Å². The fourth-order valence-corrected chi connectivity index (χ4v) is 1.80. The SMILES string of the molecule is CC(C)(C)c1cc(C(=O)O)c(O)c(C(C)(C)C)c1.[O]=[Zr]. The predicted molar refractivity (Wildman–Crippen MR) is 73.2 cm³/mol. The zero-order chi connectivity index (χ0) is 16.3. The van der Waals surface area contributed by atoms with Crippen LogP contribution in [-0.2, 0) is 38.4 Å². The summed E-state index contributed by atoms with van der Waals surface area (Å²) in [6.45, 7) is 12.0. The molecule has 110 valence electrons. The average Bonchev–Trinajstić information content (AvgIpc) is 2.28. The van der Waals surface area contributed by atoms with Crippen molar-refractivity contribution in [2.24, 2.45) is 0 Å². The van der Waals surface area contributed by atoms with E-state index in [4.69, 9.17) is 2.81 Å². The molecule has 0 unspecified atom stereocenters. The third-order valence-electron chi connectivity index (χ3n) is 3.01. The van der Waals surface area contributed by atoms with Crippen molar-refractivity contribution in [2.75, 3.05) is 0 Å². The topological polar surface area (TPSA) is 74.6 Å². The molecule has 0 aromatic heterocycles. The molecule has 0 atom stereocenters. The van der Waals surface area contributed by atoms with Gasteiger partial charge in [-0.3, -0.25) is 0 Å². The van der Waals surface area contributed by atoms with Gasteiger partial charge in [0.05, 0.1) is 0 Å². The number of aromatic hydroxyl groups is 1. The van der Waals surface area contributed by atoms with E-state index >= 15 is 0 Å². The Kier molecular flexibility index (Phi) is 6.47. The van der Waals surface area contributed by atoms with Gasteiger partial charge in [0.2, 0.25) is 0 Å². The van der Waals surface area contributed by atoms with Gasteiger partial charge in [0.25, 0.3) is 0 Å². The van der Waals surface area contributed by atoms with Crippen molar-refractivity contribution in [3.8, 4) is 5.75 Å². The van der Waals surface area contributed by atoms with Gasteiger partial charge >= 0.3 is 33.5 Å². The molecule has 0 saturated carbocycles. The number of carboxylic acids is 1. The first-order valence-corrected chi connectivity index (χ1v) is 7.26. The molecule has 0 heterocycles. The molecule has 4 nitrogen and oxygen atoms in total. The molecule has 0 amide bonds. The molecule has 0 fully saturated rings. The zero-order valence-electron chi connectivity index (χ0n) is 12.9. The average molecular weight is 358 g/mol. The third kappa shape index (κ3) is 4.62. The third-order valence-corrected chi connectivity index (χ3v) is 3.01. The van der Waals surface area contributed by atoms with Gasteiger partial charge < -0.3 is 10.2 Å². The fraction of sp³-hybridized carbons (Fsp3) is 0.533. The van der Waals surface area contributed by atoms with Crippen molar-refractivity contribution in [3.05, 3.63) is 28.8 Å². The number of aromatic carboxylic acids is 1. The second-order valence-corrected chi connectivity index (χ2v) is 6.73. The van der Waals surface area contributed by atoms with Crippen LogP contribution >= 0.6 is 0 Å². The van der Waals surface area contributed by atoms with Gasteiger partial charge in [0, 0.05) is 5.56 Å². The summed E-state index contributed by atoms with van der Waals surface area (Å²) in [4.78, 5) is 11.2. The molecule has 1 aromatic rings. The van der Waals surface area contributed by atoms with Crippen LogP contribution in [0.1, 0.15) is 63.0 Å². The molecular weight excluding hydrogens is 335 g/mol. The van der Waals surface area contributed by atoms with Crippen LogP contribution in [0.3, 0.4) is 0 Å². The van der Waals surface area contributed by atoms with E-state index in [2.05, 4.69) is 0 Å². The molecule has 0 saturated heterocycles. The summed E-state index contributed by atoms with van der Waals surface area (Å²) in [6.07, 6.45) is 0. The van der Waals surface area contributed by atoms with E-state index in [1.54, 1.807) is 6.07 Å². The first kappa shape index (κ1) is 19.2. The Labute approximate surface area is 135 Å². The van der Waals surface area contributed by atoms with E-state index in [9.17, 15) is 15.0 Å². The first-order valence-electron chi connectivity index (χ1n) is 6.26. The van der Waals surface area contributed by atoms with Crippen molar-refractivity contribution in [3.63, 3.8) is 0 Å². The molecule has 1 aromatic carbocycles. The van der Waals surface area contributed by atoms with Crippen molar-refractivity contribution in [2.45, 2.75) is 52.4 Å². The summed E-state index contributed by atoms with van der Waals surface area (Å²) in [5, 5.41) is 19.3. The van der Waals surface area contributed by atoms with E-state index in [0.717, 1.165) is 5.56 Å². The molecular formula is C15H22O4Zr. The van der Waals surface area contributed by atoms with Gasteiger partial charge in [-0.15, -0.1) is 0 Å². The second kappa shape index (κ2) is 6.75. The van der Waals surface area contributed by atoms with Crippen LogP contribution < -0.4 is 0 Å².